The molecule has 0 rings (SSSR count). The number of esters is 4. The van der Waals surface area contributed by atoms with E-state index in [1.54, 1.807) is 13.8 Å². The van der Waals surface area contributed by atoms with Gasteiger partial charge in [0.1, 0.15) is 32.5 Å². The molecular formula is C37H58N2O16. The second-order valence-corrected chi connectivity index (χ2v) is 12.6. The number of carbonyl (C=O) groups is 6. The van der Waals surface area contributed by atoms with Gasteiger partial charge in [-0.3, -0.25) is 0 Å². The number of nitrogens with one attached hydrogen (secondary N) is 2. The van der Waals surface area contributed by atoms with Crippen LogP contribution in [0.15, 0.2) is 50.6 Å². The summed E-state index contributed by atoms with van der Waals surface area (Å²) in [6, 6.07) is 0. The first-order valence-electron chi connectivity index (χ1n) is 17.5. The monoisotopic (exact) mass is 786 g/mol. The third-order valence-electron chi connectivity index (χ3n) is 7.28. The first-order valence-corrected chi connectivity index (χ1v) is 17.5. The predicted octanol–water partition coefficient (Wildman–Crippen LogP) is 2.74. The van der Waals surface area contributed by atoms with Crippen molar-refractivity contribution in [1.82, 2.24) is 10.6 Å². The fraction of sp³-hybridized carbons (Fsp3) is 0.622. The molecule has 0 fully saturated rings. The van der Waals surface area contributed by atoms with Crippen LogP contribution >= 0.6 is 0 Å². The van der Waals surface area contributed by atoms with Gasteiger partial charge < -0.3 is 58.0 Å². The Kier molecular flexibility index (Phi) is 26.1. The predicted molar refractivity (Wildman–Crippen MR) is 197 cm³/mol. The number of alkyl carbamates (subject to hydrolysis) is 2. The Hall–Kier alpha value is -4.78. The summed E-state index contributed by atoms with van der Waals surface area (Å²) in [6.07, 6.45) is 0.715. The summed E-state index contributed by atoms with van der Waals surface area (Å²) in [5.41, 5.74) is -1.73. The van der Waals surface area contributed by atoms with Crippen molar-refractivity contribution in [1.29, 1.82) is 0 Å². The Balaban J connectivity index is 5.09. The molecule has 0 aliphatic carbocycles. The molecule has 55 heavy (non-hydrogen) atoms. The molecule has 3 atom stereocenters. The molecule has 0 bridgehead atoms. The van der Waals surface area contributed by atoms with Gasteiger partial charge in [0.2, 0.25) is 0 Å². The summed E-state index contributed by atoms with van der Waals surface area (Å²) in [6.45, 7) is 22.6. The van der Waals surface area contributed by atoms with E-state index in [1.165, 1.54) is 0 Å². The van der Waals surface area contributed by atoms with Crippen molar-refractivity contribution in [2.24, 2.45) is 5.92 Å². The molecule has 2 N–H and O–H groups in total. The zero-order valence-electron chi connectivity index (χ0n) is 32.6. The molecule has 0 aromatic rings. The van der Waals surface area contributed by atoms with Crippen molar-refractivity contribution >= 4 is 36.1 Å². The summed E-state index contributed by atoms with van der Waals surface area (Å²) >= 11 is 0. The van der Waals surface area contributed by atoms with Crippen molar-refractivity contribution in [3.63, 3.8) is 0 Å². The zero-order valence-corrected chi connectivity index (χ0v) is 32.6. The lowest BCUT2D eigenvalue weighted by Gasteiger charge is -2.36. The Morgan fingerprint density at radius 2 is 0.964 bits per heavy atom. The van der Waals surface area contributed by atoms with Gasteiger partial charge in [-0.05, 0) is 27.7 Å². The van der Waals surface area contributed by atoms with Crippen LogP contribution in [-0.2, 0) is 66.5 Å². The summed E-state index contributed by atoms with van der Waals surface area (Å²) in [5.74, 6) is -2.80. The van der Waals surface area contributed by atoms with E-state index in [4.69, 9.17) is 47.4 Å². The van der Waals surface area contributed by atoms with Gasteiger partial charge in [0.25, 0.3) is 0 Å². The van der Waals surface area contributed by atoms with Crippen molar-refractivity contribution in [2.75, 3.05) is 79.2 Å². The molecule has 18 nitrogen and oxygen atoms in total. The molecule has 2 amide bonds. The van der Waals surface area contributed by atoms with Gasteiger partial charge in [-0.25, -0.2) is 28.8 Å². The third kappa shape index (κ3) is 26.6. The van der Waals surface area contributed by atoms with Crippen LogP contribution in [0.4, 0.5) is 9.59 Å². The lowest BCUT2D eigenvalue weighted by Crippen LogP contribution is -2.43. The molecule has 0 saturated carbocycles. The number of rotatable bonds is 31. The van der Waals surface area contributed by atoms with Crippen LogP contribution in [-0.4, -0.2) is 139 Å². The first kappa shape index (κ1) is 50.2. The van der Waals surface area contributed by atoms with Crippen LogP contribution in [0.25, 0.3) is 0 Å². The van der Waals surface area contributed by atoms with Crippen LogP contribution in [0.1, 0.15) is 41.0 Å². The second kappa shape index (κ2) is 28.6. The topological polar surface area (TPSA) is 219 Å². The van der Waals surface area contributed by atoms with Crippen molar-refractivity contribution in [3.8, 4) is 0 Å². The molecule has 0 aromatic carbocycles. The van der Waals surface area contributed by atoms with E-state index in [0.29, 0.717) is 0 Å². The molecule has 0 aliphatic heterocycles. The van der Waals surface area contributed by atoms with Gasteiger partial charge in [0.15, 0.2) is 6.10 Å². The summed E-state index contributed by atoms with van der Waals surface area (Å²) in [5, 5.41) is 5.06. The van der Waals surface area contributed by atoms with Gasteiger partial charge >= 0.3 is 36.1 Å². The first-order chi connectivity index (χ1) is 26.0. The van der Waals surface area contributed by atoms with Crippen LogP contribution < -0.4 is 10.6 Å². The summed E-state index contributed by atoms with van der Waals surface area (Å²) < 4.78 is 53.7. The van der Waals surface area contributed by atoms with E-state index in [-0.39, 0.29) is 91.5 Å². The third-order valence-corrected chi connectivity index (χ3v) is 7.28. The van der Waals surface area contributed by atoms with E-state index in [0.717, 1.165) is 24.3 Å². The fourth-order valence-electron chi connectivity index (χ4n) is 3.89. The summed E-state index contributed by atoms with van der Waals surface area (Å²) in [4.78, 5) is 70.5. The minimum Gasteiger partial charge on any atom is -0.460 e. The van der Waals surface area contributed by atoms with Gasteiger partial charge in [0.05, 0.1) is 50.8 Å². The molecule has 312 valence electrons. The molecule has 0 saturated heterocycles. The number of hydrogen-bond donors (Lipinski definition) is 2. The molecule has 18 heteroatoms. The molecule has 0 heterocycles. The zero-order chi connectivity index (χ0) is 41.7. The lowest BCUT2D eigenvalue weighted by molar-refractivity contribution is -0.150. The molecule has 0 spiro atoms. The average molecular weight is 787 g/mol. The highest BCUT2D eigenvalue weighted by atomic mass is 16.6. The average Bonchev–Trinajstić information content (AvgIpc) is 3.15. The quantitative estimate of drug-likeness (QED) is 0.0447. The maximum atomic E-state index is 12.5. The molecule has 0 aromatic heterocycles. The number of carbonyl (C=O) groups excluding carboxylic acids is 6. The van der Waals surface area contributed by atoms with Crippen molar-refractivity contribution < 1.29 is 76.1 Å². The van der Waals surface area contributed by atoms with Gasteiger partial charge in [-0.15, -0.1) is 0 Å². The Morgan fingerprint density at radius 1 is 0.545 bits per heavy atom. The number of hydrogen-bond acceptors (Lipinski definition) is 16. The summed E-state index contributed by atoms with van der Waals surface area (Å²) in [7, 11) is 0. The highest BCUT2D eigenvalue weighted by Crippen LogP contribution is 2.26. The van der Waals surface area contributed by atoms with Crippen LogP contribution in [0, 0.1) is 5.92 Å². The second-order valence-electron chi connectivity index (χ2n) is 12.6. The van der Waals surface area contributed by atoms with E-state index < -0.39 is 59.5 Å². The normalized spacial score (nSPS) is 12.7. The lowest BCUT2D eigenvalue weighted by atomic mass is 9.92. The molecular weight excluding hydrogens is 728 g/mol. The van der Waals surface area contributed by atoms with E-state index in [2.05, 4.69) is 36.9 Å². The molecule has 0 radical (unpaired) electrons. The van der Waals surface area contributed by atoms with Crippen LogP contribution in [0.5, 0.6) is 0 Å². The van der Waals surface area contributed by atoms with Gasteiger partial charge in [0, 0.05) is 49.7 Å². The largest absolute Gasteiger partial charge is 0.460 e. The Morgan fingerprint density at radius 3 is 1.42 bits per heavy atom. The van der Waals surface area contributed by atoms with Gasteiger partial charge in [-0.1, -0.05) is 33.2 Å². The minimum atomic E-state index is -0.983. The van der Waals surface area contributed by atoms with Crippen molar-refractivity contribution in [3.05, 3.63) is 50.6 Å². The highest BCUT2D eigenvalue weighted by molar-refractivity contribution is 5.82. The maximum absolute atomic E-state index is 12.5. The Bertz CT molecular complexity index is 1250. The maximum Gasteiger partial charge on any atom is 0.407 e. The van der Waals surface area contributed by atoms with E-state index in [9.17, 15) is 28.8 Å². The fourth-order valence-corrected chi connectivity index (χ4v) is 3.89. The standard InChI is InChI=1S/C37H58N2O16/c1-10-30(40)48-20-18-46-16-14-38-34(44)54-28(24-50-32(42)12-3)22-36(6,7)52-23-27(5)37(8,9)53-26-29(25-51-33(43)13-4)55-35(45)39-15-17-47-19-21-49-31(41)11-2/h10-13,27-29H,1-4,14-26H2,5-9H3,(H,38,44)(H,39,45). The highest BCUT2D eigenvalue weighted by Gasteiger charge is 2.33. The molecule has 3 unspecified atom stereocenters. The number of amides is 2. The van der Waals surface area contributed by atoms with E-state index in [1.807, 2.05) is 20.8 Å². The Labute approximate surface area is 322 Å². The van der Waals surface area contributed by atoms with Crippen LogP contribution in [0.3, 0.4) is 0 Å². The minimum absolute atomic E-state index is 0.0274. The van der Waals surface area contributed by atoms with Crippen molar-refractivity contribution in [2.45, 2.75) is 64.4 Å². The smallest absolute Gasteiger partial charge is 0.407 e. The number of ether oxygens (including phenoxy) is 10. The SMILES string of the molecule is C=CC(=O)OCCOCCNC(=O)OC(COC(=O)C=C)COC(C)(C)C(C)COC(C)(C)CC(COC(=O)C=C)OC(=O)NCCOCCOC(=O)C=C. The van der Waals surface area contributed by atoms with Gasteiger partial charge in [-0.2, -0.15) is 0 Å². The molecule has 0 aliphatic rings. The van der Waals surface area contributed by atoms with Crippen LogP contribution in [0.2, 0.25) is 0 Å². The van der Waals surface area contributed by atoms with E-state index >= 15 is 0 Å².